The quantitative estimate of drug-likeness (QED) is 0.135. The zero-order valence-corrected chi connectivity index (χ0v) is 23.6. The minimum Gasteiger partial charge on any atom is -0.487 e. The molecule has 0 radical (unpaired) electrons. The predicted octanol–water partition coefficient (Wildman–Crippen LogP) is 6.23. The summed E-state index contributed by atoms with van der Waals surface area (Å²) in [6.45, 7) is 0.559. The topological polar surface area (TPSA) is 83.6 Å². The van der Waals surface area contributed by atoms with Crippen LogP contribution in [0.1, 0.15) is 28.4 Å². The average Bonchev–Trinajstić information content (AvgIpc) is 3.02. The van der Waals surface area contributed by atoms with Crippen LogP contribution >= 0.6 is 0 Å². The largest absolute Gasteiger partial charge is 0.487 e. The van der Waals surface area contributed by atoms with Crippen molar-refractivity contribution in [3.05, 3.63) is 142 Å². The lowest BCUT2D eigenvalue weighted by atomic mass is 10.0. The number of H-pyrrole nitrogens is 1. The summed E-state index contributed by atoms with van der Waals surface area (Å²) < 4.78 is 40.0. The zero-order valence-electron chi connectivity index (χ0n) is 23.6. The van der Waals surface area contributed by atoms with E-state index < -0.39 is 18.6 Å². The van der Waals surface area contributed by atoms with Crippen LogP contribution in [0.3, 0.4) is 0 Å². The Morgan fingerprint density at radius 1 is 0.791 bits per heavy atom. The van der Waals surface area contributed by atoms with Gasteiger partial charge < -0.3 is 24.9 Å². The fourth-order valence-electron chi connectivity index (χ4n) is 4.86. The van der Waals surface area contributed by atoms with Gasteiger partial charge in [0.2, 0.25) is 5.56 Å². The SMILES string of the molecule is O=c1ccc2c(C(O)CNCCc3ccc(OCC(F)(F)Cc4ccccc4)cc3)ccc(OCc3ccccc3)c2[nH]1. The monoisotopic (exact) mass is 584 g/mol. The lowest BCUT2D eigenvalue weighted by Crippen LogP contribution is -2.28. The third-order valence-electron chi connectivity index (χ3n) is 7.09. The molecule has 0 amide bonds. The Morgan fingerprint density at radius 2 is 1.49 bits per heavy atom. The molecule has 1 atom stereocenters. The summed E-state index contributed by atoms with van der Waals surface area (Å²) in [5.74, 6) is -2.05. The van der Waals surface area contributed by atoms with E-state index in [1.54, 1.807) is 54.6 Å². The van der Waals surface area contributed by atoms with Gasteiger partial charge in [0.05, 0.1) is 11.6 Å². The van der Waals surface area contributed by atoms with Gasteiger partial charge in [-0.1, -0.05) is 78.9 Å². The number of hydrogen-bond acceptors (Lipinski definition) is 5. The molecule has 5 aromatic rings. The number of benzene rings is 4. The Kier molecular flexibility index (Phi) is 9.81. The molecule has 4 aromatic carbocycles. The lowest BCUT2D eigenvalue weighted by Gasteiger charge is -2.18. The van der Waals surface area contributed by atoms with Crippen LogP contribution in [0.25, 0.3) is 10.9 Å². The van der Waals surface area contributed by atoms with Gasteiger partial charge in [-0.25, -0.2) is 8.78 Å². The summed E-state index contributed by atoms with van der Waals surface area (Å²) >= 11 is 0. The summed E-state index contributed by atoms with van der Waals surface area (Å²) in [4.78, 5) is 14.9. The first kappa shape index (κ1) is 29.9. The van der Waals surface area contributed by atoms with Crippen LogP contribution in [-0.2, 0) is 19.4 Å². The molecule has 0 aliphatic carbocycles. The zero-order chi connectivity index (χ0) is 30.1. The first-order chi connectivity index (χ1) is 20.9. The molecule has 222 valence electrons. The van der Waals surface area contributed by atoms with Crippen molar-refractivity contribution in [2.45, 2.75) is 31.5 Å². The van der Waals surface area contributed by atoms with Crippen LogP contribution in [0.5, 0.6) is 11.5 Å². The van der Waals surface area contributed by atoms with Crippen LogP contribution in [0, 0.1) is 0 Å². The van der Waals surface area contributed by atoms with Crippen molar-refractivity contribution in [3.63, 3.8) is 0 Å². The van der Waals surface area contributed by atoms with E-state index in [0.29, 0.717) is 59.6 Å². The van der Waals surface area contributed by atoms with Gasteiger partial charge in [0.25, 0.3) is 5.92 Å². The number of fused-ring (bicyclic) bond motifs is 1. The second kappa shape index (κ2) is 14.1. The van der Waals surface area contributed by atoms with E-state index in [2.05, 4.69) is 10.3 Å². The van der Waals surface area contributed by atoms with Crippen molar-refractivity contribution in [2.24, 2.45) is 0 Å². The molecule has 0 spiro atoms. The Labute approximate surface area is 248 Å². The molecular formula is C35H34F2N2O4. The van der Waals surface area contributed by atoms with E-state index in [-0.39, 0.29) is 12.0 Å². The molecule has 3 N–H and O–H groups in total. The van der Waals surface area contributed by atoms with E-state index in [1.165, 1.54) is 6.07 Å². The maximum atomic E-state index is 14.3. The lowest BCUT2D eigenvalue weighted by molar-refractivity contribution is -0.0400. The highest BCUT2D eigenvalue weighted by atomic mass is 19.3. The Morgan fingerprint density at radius 3 is 2.21 bits per heavy atom. The summed E-state index contributed by atoms with van der Waals surface area (Å²) in [5, 5.41) is 14.9. The maximum absolute atomic E-state index is 14.3. The molecule has 6 nitrogen and oxygen atoms in total. The van der Waals surface area contributed by atoms with E-state index in [1.807, 2.05) is 48.5 Å². The fraction of sp³-hybridized carbons (Fsp3) is 0.229. The van der Waals surface area contributed by atoms with Crippen molar-refractivity contribution in [1.29, 1.82) is 0 Å². The molecule has 0 saturated heterocycles. The summed E-state index contributed by atoms with van der Waals surface area (Å²) in [7, 11) is 0. The molecular weight excluding hydrogens is 550 g/mol. The van der Waals surface area contributed by atoms with E-state index >= 15 is 0 Å². The van der Waals surface area contributed by atoms with Gasteiger partial charge in [-0.05, 0) is 59.5 Å². The molecule has 0 bridgehead atoms. The summed E-state index contributed by atoms with van der Waals surface area (Å²) in [6.07, 6.45) is -0.509. The number of hydrogen-bond donors (Lipinski definition) is 3. The number of alkyl halides is 2. The van der Waals surface area contributed by atoms with Gasteiger partial charge in [0.15, 0.2) is 6.61 Å². The molecule has 0 aliphatic heterocycles. The van der Waals surface area contributed by atoms with Crippen LogP contribution in [-0.4, -0.2) is 35.7 Å². The first-order valence-corrected chi connectivity index (χ1v) is 14.2. The Hall–Kier alpha value is -4.53. The third-order valence-corrected chi connectivity index (χ3v) is 7.09. The second-order valence-corrected chi connectivity index (χ2v) is 10.5. The number of nitrogens with one attached hydrogen (secondary N) is 2. The number of halogens is 2. The van der Waals surface area contributed by atoms with Crippen LogP contribution in [0.4, 0.5) is 8.78 Å². The molecule has 1 heterocycles. The summed E-state index contributed by atoms with van der Waals surface area (Å²) in [6, 6.07) is 32.2. The van der Waals surface area contributed by atoms with Crippen molar-refractivity contribution in [2.75, 3.05) is 19.7 Å². The van der Waals surface area contributed by atoms with Crippen LogP contribution < -0.4 is 20.3 Å². The van der Waals surface area contributed by atoms with Crippen molar-refractivity contribution in [1.82, 2.24) is 10.3 Å². The van der Waals surface area contributed by atoms with E-state index in [0.717, 1.165) is 11.1 Å². The predicted molar refractivity (Wildman–Crippen MR) is 164 cm³/mol. The first-order valence-electron chi connectivity index (χ1n) is 14.2. The number of aliphatic hydroxyl groups excluding tert-OH is 1. The number of aliphatic hydroxyl groups is 1. The highest BCUT2D eigenvalue weighted by molar-refractivity contribution is 5.87. The Balaban J connectivity index is 1.11. The van der Waals surface area contributed by atoms with Crippen molar-refractivity contribution < 1.29 is 23.4 Å². The van der Waals surface area contributed by atoms with Gasteiger partial charge in [-0.3, -0.25) is 4.79 Å². The molecule has 0 saturated carbocycles. The van der Waals surface area contributed by atoms with Gasteiger partial charge in [-0.15, -0.1) is 0 Å². The normalized spacial score (nSPS) is 12.3. The highest BCUT2D eigenvalue weighted by Gasteiger charge is 2.30. The Bertz CT molecular complexity index is 1660. The number of aromatic amines is 1. The third kappa shape index (κ3) is 8.50. The molecule has 1 aromatic heterocycles. The minimum atomic E-state index is -2.97. The minimum absolute atomic E-state index is 0.251. The fourth-order valence-corrected chi connectivity index (χ4v) is 4.86. The molecule has 0 fully saturated rings. The van der Waals surface area contributed by atoms with Crippen LogP contribution in [0.2, 0.25) is 0 Å². The van der Waals surface area contributed by atoms with Gasteiger partial charge >= 0.3 is 0 Å². The van der Waals surface area contributed by atoms with E-state index in [9.17, 15) is 18.7 Å². The van der Waals surface area contributed by atoms with E-state index in [4.69, 9.17) is 9.47 Å². The highest BCUT2D eigenvalue weighted by Crippen LogP contribution is 2.30. The number of ether oxygens (including phenoxy) is 2. The molecule has 8 heteroatoms. The van der Waals surface area contributed by atoms with Gasteiger partial charge in [-0.2, -0.15) is 0 Å². The average molecular weight is 585 g/mol. The van der Waals surface area contributed by atoms with Crippen molar-refractivity contribution >= 4 is 10.9 Å². The summed E-state index contributed by atoms with van der Waals surface area (Å²) in [5.41, 5.74) is 3.55. The molecule has 0 aliphatic rings. The molecule has 5 rings (SSSR count). The second-order valence-electron chi connectivity index (χ2n) is 10.5. The maximum Gasteiger partial charge on any atom is 0.285 e. The molecule has 43 heavy (non-hydrogen) atoms. The van der Waals surface area contributed by atoms with Gasteiger partial charge in [0.1, 0.15) is 18.1 Å². The number of pyridine rings is 1. The number of aromatic nitrogens is 1. The standard InChI is InChI=1S/C35H34F2N2O4/c36-35(37,21-26-7-3-1-4-8-26)24-43-28-13-11-25(12-14-28)19-20-38-22-31(40)29-15-17-32(34-30(29)16-18-33(41)39-34)42-23-27-9-5-2-6-10-27/h1-18,31,38,40H,19-24H2,(H,39,41). The van der Waals surface area contributed by atoms with Crippen molar-refractivity contribution in [3.8, 4) is 11.5 Å². The van der Waals surface area contributed by atoms with Gasteiger partial charge in [0, 0.05) is 24.4 Å². The van der Waals surface area contributed by atoms with Crippen LogP contribution in [0.15, 0.2) is 114 Å². The smallest absolute Gasteiger partial charge is 0.285 e. The number of rotatable bonds is 14. The molecule has 1 unspecified atom stereocenters.